The number of amides is 2. The van der Waals surface area contributed by atoms with Crippen molar-refractivity contribution in [2.24, 2.45) is 0 Å². The van der Waals surface area contributed by atoms with Crippen molar-refractivity contribution < 1.29 is 18.8 Å². The minimum atomic E-state index is -0.369. The van der Waals surface area contributed by atoms with Crippen LogP contribution in [-0.2, 0) is 23.2 Å². The molecule has 3 heterocycles. The SMILES string of the molecule is Cc1ccc(NC(=O)c2cc(CN3CCOCC3)cc(C(C)(C)C)c2)cc1-c1cc(C(=O)NCc2cccnc2)on1. The van der Waals surface area contributed by atoms with Crippen LogP contribution in [-0.4, -0.2) is 53.2 Å². The summed E-state index contributed by atoms with van der Waals surface area (Å²) in [6, 6.07) is 17.1. The molecular formula is C33H37N5O4. The van der Waals surface area contributed by atoms with Gasteiger partial charge in [0.25, 0.3) is 11.8 Å². The number of hydrogen-bond donors (Lipinski definition) is 2. The van der Waals surface area contributed by atoms with Gasteiger partial charge in [-0.2, -0.15) is 0 Å². The number of aryl methyl sites for hydroxylation is 1. The maximum Gasteiger partial charge on any atom is 0.290 e. The van der Waals surface area contributed by atoms with E-state index in [4.69, 9.17) is 9.26 Å². The first-order chi connectivity index (χ1) is 20.2. The van der Waals surface area contributed by atoms with Gasteiger partial charge in [-0.1, -0.05) is 44.1 Å². The number of carbonyl (C=O) groups excluding carboxylic acids is 2. The highest BCUT2D eigenvalue weighted by atomic mass is 16.5. The van der Waals surface area contributed by atoms with E-state index in [9.17, 15) is 9.59 Å². The quantitative estimate of drug-likeness (QED) is 0.295. The Morgan fingerprint density at radius 2 is 1.79 bits per heavy atom. The zero-order valence-corrected chi connectivity index (χ0v) is 24.6. The van der Waals surface area contributed by atoms with Gasteiger partial charge in [0, 0.05) is 61.5 Å². The van der Waals surface area contributed by atoms with Gasteiger partial charge >= 0.3 is 0 Å². The average Bonchev–Trinajstić information content (AvgIpc) is 3.48. The minimum Gasteiger partial charge on any atom is -0.379 e. The summed E-state index contributed by atoms with van der Waals surface area (Å²) in [6.07, 6.45) is 3.37. The van der Waals surface area contributed by atoms with Gasteiger partial charge in [0.2, 0.25) is 5.76 Å². The topological polar surface area (TPSA) is 110 Å². The summed E-state index contributed by atoms with van der Waals surface area (Å²) in [4.78, 5) is 32.6. The Morgan fingerprint density at radius 1 is 0.976 bits per heavy atom. The van der Waals surface area contributed by atoms with Crippen LogP contribution in [0.5, 0.6) is 0 Å². The zero-order chi connectivity index (χ0) is 29.7. The van der Waals surface area contributed by atoms with Crippen LogP contribution >= 0.6 is 0 Å². The fraction of sp³-hybridized carbons (Fsp3) is 0.333. The van der Waals surface area contributed by atoms with Crippen LogP contribution in [0.1, 0.15) is 63.9 Å². The maximum atomic E-state index is 13.5. The van der Waals surface area contributed by atoms with E-state index >= 15 is 0 Å². The van der Waals surface area contributed by atoms with Gasteiger partial charge in [0.1, 0.15) is 5.69 Å². The lowest BCUT2D eigenvalue weighted by atomic mass is 9.85. The van der Waals surface area contributed by atoms with Crippen molar-refractivity contribution in [3.63, 3.8) is 0 Å². The Kier molecular flexibility index (Phi) is 8.80. The first kappa shape index (κ1) is 29.2. The fourth-order valence-corrected chi connectivity index (χ4v) is 4.83. The monoisotopic (exact) mass is 567 g/mol. The molecule has 4 aromatic rings. The summed E-state index contributed by atoms with van der Waals surface area (Å²) < 4.78 is 10.9. The fourth-order valence-electron chi connectivity index (χ4n) is 4.83. The molecule has 1 aliphatic rings. The van der Waals surface area contributed by atoms with Crippen molar-refractivity contribution in [2.45, 2.75) is 46.2 Å². The summed E-state index contributed by atoms with van der Waals surface area (Å²) in [5.74, 6) is -0.449. The van der Waals surface area contributed by atoms with E-state index in [0.717, 1.165) is 60.7 Å². The van der Waals surface area contributed by atoms with Gasteiger partial charge in [-0.3, -0.25) is 19.5 Å². The van der Waals surface area contributed by atoms with E-state index in [0.29, 0.717) is 23.5 Å². The van der Waals surface area contributed by atoms with Crippen LogP contribution in [0.2, 0.25) is 0 Å². The predicted molar refractivity (Wildman–Crippen MR) is 161 cm³/mol. The van der Waals surface area contributed by atoms with Crippen molar-refractivity contribution in [3.05, 3.63) is 101 Å². The van der Waals surface area contributed by atoms with E-state index in [-0.39, 0.29) is 23.0 Å². The highest BCUT2D eigenvalue weighted by Gasteiger charge is 2.20. The molecule has 0 aliphatic carbocycles. The molecule has 218 valence electrons. The van der Waals surface area contributed by atoms with Crippen molar-refractivity contribution >= 4 is 17.5 Å². The second-order valence-electron chi connectivity index (χ2n) is 11.7. The Balaban J connectivity index is 1.32. The highest BCUT2D eigenvalue weighted by molar-refractivity contribution is 6.05. The molecule has 9 nitrogen and oxygen atoms in total. The third-order valence-electron chi connectivity index (χ3n) is 7.31. The third kappa shape index (κ3) is 7.29. The number of ether oxygens (including phenoxy) is 1. The first-order valence-electron chi connectivity index (χ1n) is 14.2. The van der Waals surface area contributed by atoms with Crippen molar-refractivity contribution in [1.82, 2.24) is 20.4 Å². The van der Waals surface area contributed by atoms with E-state index in [2.05, 4.69) is 52.5 Å². The summed E-state index contributed by atoms with van der Waals surface area (Å²) in [7, 11) is 0. The molecular weight excluding hydrogens is 530 g/mol. The molecule has 0 radical (unpaired) electrons. The Labute approximate surface area is 246 Å². The number of rotatable bonds is 8. The standard InChI is InChI=1S/C33H37N5O4/c1-22-7-8-27(17-28(22)29-18-30(42-37-29)32(40)35-20-23-6-5-9-34-19-23)36-31(39)25-14-24(15-26(16-25)33(2,3)4)21-38-10-12-41-13-11-38/h5-9,14-19H,10-13,20-21H2,1-4H3,(H,35,40)(H,36,39). The molecule has 0 spiro atoms. The van der Waals surface area contributed by atoms with Gasteiger partial charge < -0.3 is 19.9 Å². The lowest BCUT2D eigenvalue weighted by molar-refractivity contribution is 0.0341. The number of pyridine rings is 1. The van der Waals surface area contributed by atoms with Crippen LogP contribution in [0.15, 0.2) is 71.5 Å². The van der Waals surface area contributed by atoms with E-state index < -0.39 is 0 Å². The molecule has 2 aromatic heterocycles. The summed E-state index contributed by atoms with van der Waals surface area (Å²) in [6.45, 7) is 12.7. The maximum absolute atomic E-state index is 13.5. The number of anilines is 1. The predicted octanol–water partition coefficient (Wildman–Crippen LogP) is 5.36. The molecule has 2 N–H and O–H groups in total. The lowest BCUT2D eigenvalue weighted by Crippen LogP contribution is -2.35. The van der Waals surface area contributed by atoms with Crippen molar-refractivity contribution in [2.75, 3.05) is 31.6 Å². The van der Waals surface area contributed by atoms with Gasteiger partial charge in [-0.05, 0) is 64.9 Å². The molecule has 0 unspecified atom stereocenters. The third-order valence-corrected chi connectivity index (χ3v) is 7.31. The number of benzene rings is 2. The van der Waals surface area contributed by atoms with Crippen LogP contribution in [0, 0.1) is 6.92 Å². The molecule has 0 saturated carbocycles. The van der Waals surface area contributed by atoms with Crippen LogP contribution in [0.4, 0.5) is 5.69 Å². The molecule has 1 saturated heterocycles. The zero-order valence-electron chi connectivity index (χ0n) is 24.6. The molecule has 1 aliphatic heterocycles. The van der Waals surface area contributed by atoms with Crippen molar-refractivity contribution in [1.29, 1.82) is 0 Å². The van der Waals surface area contributed by atoms with Crippen molar-refractivity contribution in [3.8, 4) is 11.3 Å². The molecule has 5 rings (SSSR count). The van der Waals surface area contributed by atoms with E-state index in [1.165, 1.54) is 0 Å². The van der Waals surface area contributed by atoms with E-state index in [1.54, 1.807) is 18.5 Å². The number of aromatic nitrogens is 2. The number of nitrogens with zero attached hydrogens (tertiary/aromatic N) is 3. The van der Waals surface area contributed by atoms with Crippen LogP contribution < -0.4 is 10.6 Å². The van der Waals surface area contributed by atoms with Gasteiger partial charge in [-0.25, -0.2) is 0 Å². The second kappa shape index (κ2) is 12.7. The number of hydrogen-bond acceptors (Lipinski definition) is 7. The molecule has 42 heavy (non-hydrogen) atoms. The normalized spacial score (nSPS) is 14.0. The lowest BCUT2D eigenvalue weighted by Gasteiger charge is -2.28. The smallest absolute Gasteiger partial charge is 0.290 e. The Hall–Kier alpha value is -4.34. The molecule has 1 fully saturated rings. The van der Waals surface area contributed by atoms with E-state index in [1.807, 2.05) is 49.4 Å². The first-order valence-corrected chi connectivity index (χ1v) is 14.2. The Bertz CT molecular complexity index is 1550. The molecule has 2 amide bonds. The van der Waals surface area contributed by atoms with Gasteiger partial charge in [0.05, 0.1) is 13.2 Å². The average molecular weight is 568 g/mol. The Morgan fingerprint density at radius 3 is 2.52 bits per heavy atom. The highest BCUT2D eigenvalue weighted by Crippen LogP contribution is 2.29. The number of nitrogens with one attached hydrogen (secondary N) is 2. The van der Waals surface area contributed by atoms with Gasteiger partial charge in [0.15, 0.2) is 0 Å². The largest absolute Gasteiger partial charge is 0.379 e. The summed E-state index contributed by atoms with van der Waals surface area (Å²) >= 11 is 0. The van der Waals surface area contributed by atoms with Gasteiger partial charge in [-0.15, -0.1) is 0 Å². The summed E-state index contributed by atoms with van der Waals surface area (Å²) in [5.41, 5.74) is 6.44. The molecule has 9 heteroatoms. The van der Waals surface area contributed by atoms with Crippen LogP contribution in [0.25, 0.3) is 11.3 Å². The van der Waals surface area contributed by atoms with Crippen LogP contribution in [0.3, 0.4) is 0 Å². The second-order valence-corrected chi connectivity index (χ2v) is 11.7. The summed E-state index contributed by atoms with van der Waals surface area (Å²) in [5, 5.41) is 10.0. The minimum absolute atomic E-state index is 0.106. The molecule has 0 atom stereocenters. The molecule has 2 aromatic carbocycles. The number of morpholine rings is 1. The number of carbonyl (C=O) groups is 2. The molecule has 0 bridgehead atoms.